The van der Waals surface area contributed by atoms with E-state index >= 15 is 0 Å². The number of H-pyrrole nitrogens is 1. The van der Waals surface area contributed by atoms with Gasteiger partial charge in [-0.2, -0.15) is 10.2 Å². The van der Waals surface area contributed by atoms with E-state index in [1.54, 1.807) is 6.07 Å². The van der Waals surface area contributed by atoms with Gasteiger partial charge in [0, 0.05) is 18.3 Å². The summed E-state index contributed by atoms with van der Waals surface area (Å²) in [6.45, 7) is 9.83. The number of carbonyl (C=O) groups excluding carboxylic acids is 1. The molecule has 1 atom stereocenters. The maximum atomic E-state index is 12.7. The Hall–Kier alpha value is -3.09. The lowest BCUT2D eigenvalue weighted by Gasteiger charge is -2.16. The zero-order chi connectivity index (χ0) is 20.4. The van der Waals surface area contributed by atoms with Gasteiger partial charge in [-0.3, -0.25) is 14.6 Å². The first-order chi connectivity index (χ1) is 13.3. The average molecular weight is 381 g/mol. The number of benzene rings is 1. The van der Waals surface area contributed by atoms with E-state index < -0.39 is 0 Å². The molecule has 1 aromatic carbocycles. The highest BCUT2D eigenvalue weighted by molar-refractivity contribution is 5.93. The van der Waals surface area contributed by atoms with E-state index in [1.165, 1.54) is 0 Å². The van der Waals surface area contributed by atoms with Crippen molar-refractivity contribution in [2.75, 3.05) is 0 Å². The van der Waals surface area contributed by atoms with Crippen molar-refractivity contribution in [3.8, 4) is 17.0 Å². The van der Waals surface area contributed by atoms with Gasteiger partial charge in [0.15, 0.2) is 0 Å². The number of nitrogens with zero attached hydrogens (tertiary/aromatic N) is 3. The van der Waals surface area contributed by atoms with Gasteiger partial charge in [-0.1, -0.05) is 12.1 Å². The second-order valence-electron chi connectivity index (χ2n) is 7.27. The summed E-state index contributed by atoms with van der Waals surface area (Å²) < 4.78 is 7.55. The fourth-order valence-electron chi connectivity index (χ4n) is 3.20. The van der Waals surface area contributed by atoms with Crippen molar-refractivity contribution in [2.24, 2.45) is 7.05 Å². The normalized spacial score (nSPS) is 12.2. The monoisotopic (exact) mass is 381 g/mol. The number of ether oxygens (including phenoxy) is 1. The lowest BCUT2D eigenvalue weighted by molar-refractivity contribution is 0.0934. The Kier molecular flexibility index (Phi) is 5.53. The molecule has 28 heavy (non-hydrogen) atoms. The fraction of sp³-hybridized carbons (Fsp3) is 0.381. The third-order valence-electron chi connectivity index (χ3n) is 4.67. The largest absolute Gasteiger partial charge is 0.491 e. The van der Waals surface area contributed by atoms with Gasteiger partial charge in [0.2, 0.25) is 0 Å². The van der Waals surface area contributed by atoms with Crippen molar-refractivity contribution in [3.05, 3.63) is 53.0 Å². The van der Waals surface area contributed by atoms with E-state index in [4.69, 9.17) is 4.74 Å². The topological polar surface area (TPSA) is 84.8 Å². The summed E-state index contributed by atoms with van der Waals surface area (Å²) >= 11 is 0. The molecular weight excluding hydrogens is 354 g/mol. The molecule has 0 aliphatic rings. The van der Waals surface area contributed by atoms with Gasteiger partial charge in [0.25, 0.3) is 5.91 Å². The van der Waals surface area contributed by atoms with Crippen LogP contribution in [-0.4, -0.2) is 32.0 Å². The molecule has 1 unspecified atom stereocenters. The lowest BCUT2D eigenvalue weighted by atomic mass is 10.1. The molecule has 2 heterocycles. The SMILES string of the molecule is Cc1nn(C)c(C)c1-c1cc(C(=O)NC(C)c2cccc(OC(C)C)c2)[nH]n1. The highest BCUT2D eigenvalue weighted by Crippen LogP contribution is 2.25. The molecule has 0 saturated carbocycles. The van der Waals surface area contributed by atoms with Crippen LogP contribution in [0.3, 0.4) is 0 Å². The van der Waals surface area contributed by atoms with Crippen LogP contribution in [0.5, 0.6) is 5.75 Å². The molecule has 0 aliphatic carbocycles. The smallest absolute Gasteiger partial charge is 0.269 e. The van der Waals surface area contributed by atoms with Crippen LogP contribution in [-0.2, 0) is 7.05 Å². The minimum atomic E-state index is -0.208. The number of hydrogen-bond acceptors (Lipinski definition) is 4. The maximum absolute atomic E-state index is 12.7. The van der Waals surface area contributed by atoms with E-state index in [9.17, 15) is 4.79 Å². The zero-order valence-corrected chi connectivity index (χ0v) is 17.2. The number of nitrogens with one attached hydrogen (secondary N) is 2. The second kappa shape index (κ2) is 7.88. The van der Waals surface area contributed by atoms with Crippen molar-refractivity contribution < 1.29 is 9.53 Å². The lowest BCUT2D eigenvalue weighted by Crippen LogP contribution is -2.27. The number of aryl methyl sites for hydroxylation is 2. The summed E-state index contributed by atoms with van der Waals surface area (Å²) in [5.74, 6) is 0.584. The summed E-state index contributed by atoms with van der Waals surface area (Å²) in [6, 6.07) is 9.36. The molecular formula is C21H27N5O2. The first-order valence-corrected chi connectivity index (χ1v) is 9.39. The predicted molar refractivity (Wildman–Crippen MR) is 108 cm³/mol. The number of rotatable bonds is 6. The predicted octanol–water partition coefficient (Wildman–Crippen LogP) is 3.71. The molecule has 0 spiro atoms. The molecule has 3 rings (SSSR count). The minimum absolute atomic E-state index is 0.1000. The number of amides is 1. The third kappa shape index (κ3) is 4.08. The van der Waals surface area contributed by atoms with E-state index in [0.717, 1.165) is 28.3 Å². The Morgan fingerprint density at radius 2 is 1.96 bits per heavy atom. The first-order valence-electron chi connectivity index (χ1n) is 9.39. The van der Waals surface area contributed by atoms with Crippen LogP contribution in [0.25, 0.3) is 11.3 Å². The van der Waals surface area contributed by atoms with Gasteiger partial charge in [-0.25, -0.2) is 0 Å². The molecule has 0 radical (unpaired) electrons. The quantitative estimate of drug-likeness (QED) is 0.682. The molecule has 0 saturated heterocycles. The zero-order valence-electron chi connectivity index (χ0n) is 17.2. The summed E-state index contributed by atoms with van der Waals surface area (Å²) in [6.07, 6.45) is 0.1000. The van der Waals surface area contributed by atoms with Crippen molar-refractivity contribution in [2.45, 2.75) is 46.8 Å². The molecule has 0 bridgehead atoms. The molecule has 3 aromatic rings. The highest BCUT2D eigenvalue weighted by atomic mass is 16.5. The molecule has 0 aliphatic heterocycles. The van der Waals surface area contributed by atoms with Gasteiger partial charge < -0.3 is 10.1 Å². The Balaban J connectivity index is 1.74. The van der Waals surface area contributed by atoms with Crippen LogP contribution in [0.4, 0.5) is 0 Å². The van der Waals surface area contributed by atoms with Crippen molar-refractivity contribution in [1.29, 1.82) is 0 Å². The summed E-state index contributed by atoms with van der Waals surface area (Å²) in [5, 5.41) is 14.6. The molecule has 148 valence electrons. The van der Waals surface area contributed by atoms with Crippen molar-refractivity contribution in [1.82, 2.24) is 25.3 Å². The van der Waals surface area contributed by atoms with Gasteiger partial charge in [-0.15, -0.1) is 0 Å². The van der Waals surface area contributed by atoms with Crippen LogP contribution >= 0.6 is 0 Å². The highest BCUT2D eigenvalue weighted by Gasteiger charge is 2.18. The standard InChI is InChI=1S/C21H27N5O2/c1-12(2)28-17-9-7-8-16(10-17)13(3)22-21(27)19-11-18(23-24-19)20-14(4)25-26(6)15(20)5/h7-13H,1-6H3,(H,22,27)(H,23,24). The number of hydrogen-bond donors (Lipinski definition) is 2. The first kappa shape index (κ1) is 19.7. The van der Waals surface area contributed by atoms with Crippen LogP contribution in [0.15, 0.2) is 30.3 Å². The molecule has 0 fully saturated rings. The van der Waals surface area contributed by atoms with E-state index in [0.29, 0.717) is 11.4 Å². The van der Waals surface area contributed by atoms with E-state index in [-0.39, 0.29) is 18.1 Å². The van der Waals surface area contributed by atoms with Crippen LogP contribution < -0.4 is 10.1 Å². The number of carbonyl (C=O) groups is 1. The van der Waals surface area contributed by atoms with Gasteiger partial charge in [0.05, 0.1) is 23.5 Å². The average Bonchev–Trinajstić information content (AvgIpc) is 3.19. The molecule has 2 N–H and O–H groups in total. The Morgan fingerprint density at radius 3 is 2.61 bits per heavy atom. The van der Waals surface area contributed by atoms with Gasteiger partial charge in [-0.05, 0) is 58.4 Å². The van der Waals surface area contributed by atoms with Crippen LogP contribution in [0.2, 0.25) is 0 Å². The third-order valence-corrected chi connectivity index (χ3v) is 4.67. The summed E-state index contributed by atoms with van der Waals surface area (Å²) in [4.78, 5) is 12.7. The Morgan fingerprint density at radius 1 is 1.21 bits per heavy atom. The Bertz CT molecular complexity index is 987. The summed E-state index contributed by atoms with van der Waals surface area (Å²) in [7, 11) is 1.89. The van der Waals surface area contributed by atoms with Gasteiger partial charge >= 0.3 is 0 Å². The number of aromatic amines is 1. The van der Waals surface area contributed by atoms with Crippen molar-refractivity contribution >= 4 is 5.91 Å². The fourth-order valence-corrected chi connectivity index (χ4v) is 3.20. The van der Waals surface area contributed by atoms with Crippen molar-refractivity contribution in [3.63, 3.8) is 0 Å². The molecule has 7 heteroatoms. The molecule has 7 nitrogen and oxygen atoms in total. The van der Waals surface area contributed by atoms with Gasteiger partial charge in [0.1, 0.15) is 11.4 Å². The Labute approximate surface area is 165 Å². The maximum Gasteiger partial charge on any atom is 0.269 e. The molecule has 1 amide bonds. The van der Waals surface area contributed by atoms with Crippen LogP contribution in [0.1, 0.15) is 54.3 Å². The van der Waals surface area contributed by atoms with Crippen LogP contribution in [0, 0.1) is 13.8 Å². The van der Waals surface area contributed by atoms with E-state index in [2.05, 4.69) is 20.6 Å². The number of aromatic nitrogens is 4. The minimum Gasteiger partial charge on any atom is -0.491 e. The van der Waals surface area contributed by atoms with E-state index in [1.807, 2.05) is 70.6 Å². The second-order valence-corrected chi connectivity index (χ2v) is 7.27. The molecule has 2 aromatic heterocycles. The summed E-state index contributed by atoms with van der Waals surface area (Å²) in [5.41, 5.74) is 4.95.